The Kier molecular flexibility index (Phi) is 5.17. The molecule has 116 valence electrons. The van der Waals surface area contributed by atoms with Gasteiger partial charge in [0.1, 0.15) is 5.69 Å². The maximum absolute atomic E-state index is 11.0. The van der Waals surface area contributed by atoms with Crippen molar-refractivity contribution in [3.05, 3.63) is 33.9 Å². The van der Waals surface area contributed by atoms with E-state index in [1.54, 1.807) is 6.07 Å². The molecule has 0 spiro atoms. The maximum atomic E-state index is 11.0. The van der Waals surface area contributed by atoms with E-state index in [1.165, 1.54) is 25.3 Å². The van der Waals surface area contributed by atoms with Crippen molar-refractivity contribution in [2.24, 2.45) is 11.8 Å². The van der Waals surface area contributed by atoms with E-state index in [-0.39, 0.29) is 5.69 Å². The van der Waals surface area contributed by atoms with E-state index in [0.29, 0.717) is 12.2 Å². The Hall–Kier alpha value is -1.62. The first-order chi connectivity index (χ1) is 9.99. The average molecular weight is 291 g/mol. The molecule has 2 rings (SSSR count). The van der Waals surface area contributed by atoms with Crippen LogP contribution in [-0.2, 0) is 6.54 Å². The normalized spacial score (nSPS) is 20.4. The summed E-state index contributed by atoms with van der Waals surface area (Å²) in [6.45, 7) is 7.38. The fourth-order valence-electron chi connectivity index (χ4n) is 3.14. The Morgan fingerprint density at radius 3 is 2.81 bits per heavy atom. The predicted molar refractivity (Wildman–Crippen MR) is 85.0 cm³/mol. The van der Waals surface area contributed by atoms with Gasteiger partial charge in [0.25, 0.3) is 5.69 Å². The molecule has 1 aliphatic rings. The summed E-state index contributed by atoms with van der Waals surface area (Å²) in [5.74, 6) is 1.52. The average Bonchev–Trinajstić information content (AvgIpc) is 2.66. The highest BCUT2D eigenvalue weighted by Gasteiger charge is 2.21. The number of nitrogens with two attached hydrogens (primary N) is 1. The number of para-hydroxylation sites is 1. The highest BCUT2D eigenvalue weighted by atomic mass is 16.6. The second-order valence-corrected chi connectivity index (χ2v) is 6.32. The van der Waals surface area contributed by atoms with Gasteiger partial charge in [-0.05, 0) is 49.8 Å². The molecule has 0 saturated carbocycles. The van der Waals surface area contributed by atoms with Crippen molar-refractivity contribution in [2.75, 3.05) is 18.8 Å². The fourth-order valence-corrected chi connectivity index (χ4v) is 3.14. The van der Waals surface area contributed by atoms with Crippen molar-refractivity contribution in [1.29, 1.82) is 0 Å². The van der Waals surface area contributed by atoms with Crippen molar-refractivity contribution in [1.82, 2.24) is 4.90 Å². The molecule has 5 heteroatoms. The number of anilines is 1. The number of nitrogens with zero attached hydrogens (tertiary/aromatic N) is 2. The molecule has 2 N–H and O–H groups in total. The zero-order valence-corrected chi connectivity index (χ0v) is 12.9. The van der Waals surface area contributed by atoms with Crippen LogP contribution in [0.5, 0.6) is 0 Å². The van der Waals surface area contributed by atoms with Gasteiger partial charge in [-0.15, -0.1) is 0 Å². The molecule has 1 heterocycles. The van der Waals surface area contributed by atoms with E-state index < -0.39 is 4.92 Å². The molecular formula is C16H25N3O2. The van der Waals surface area contributed by atoms with E-state index in [1.807, 2.05) is 6.07 Å². The number of hydrogen-bond donors (Lipinski definition) is 1. The lowest BCUT2D eigenvalue weighted by Gasteiger charge is -2.22. The fraction of sp³-hybridized carbons (Fsp3) is 0.625. The summed E-state index contributed by atoms with van der Waals surface area (Å²) in [7, 11) is 0. The number of nitrogen functional groups attached to an aromatic ring is 1. The minimum Gasteiger partial charge on any atom is -0.393 e. The molecule has 1 aliphatic heterocycles. The number of likely N-dealkylation sites (tertiary alicyclic amines) is 1. The molecule has 21 heavy (non-hydrogen) atoms. The number of nitro benzene ring substituents is 1. The van der Waals surface area contributed by atoms with Crippen LogP contribution >= 0.6 is 0 Å². The first-order valence-corrected chi connectivity index (χ1v) is 7.73. The first-order valence-electron chi connectivity index (χ1n) is 7.73. The quantitative estimate of drug-likeness (QED) is 0.524. The number of rotatable bonds is 4. The van der Waals surface area contributed by atoms with Crippen LogP contribution in [0, 0.1) is 22.0 Å². The van der Waals surface area contributed by atoms with Gasteiger partial charge in [-0.2, -0.15) is 0 Å². The van der Waals surface area contributed by atoms with Gasteiger partial charge < -0.3 is 5.73 Å². The van der Waals surface area contributed by atoms with Gasteiger partial charge in [-0.25, -0.2) is 0 Å². The zero-order valence-electron chi connectivity index (χ0n) is 12.9. The molecule has 1 aromatic rings. The topological polar surface area (TPSA) is 72.4 Å². The Labute approximate surface area is 126 Å². The van der Waals surface area contributed by atoms with Crippen LogP contribution in [0.1, 0.15) is 38.7 Å². The second-order valence-electron chi connectivity index (χ2n) is 6.32. The van der Waals surface area contributed by atoms with E-state index in [0.717, 1.165) is 30.5 Å². The molecule has 5 nitrogen and oxygen atoms in total. The summed E-state index contributed by atoms with van der Waals surface area (Å²) < 4.78 is 0. The molecule has 0 radical (unpaired) electrons. The van der Waals surface area contributed by atoms with Gasteiger partial charge in [0, 0.05) is 12.6 Å². The summed E-state index contributed by atoms with van der Waals surface area (Å²) >= 11 is 0. The molecule has 1 unspecified atom stereocenters. The number of benzene rings is 1. The van der Waals surface area contributed by atoms with E-state index in [4.69, 9.17) is 5.73 Å². The minimum absolute atomic E-state index is 0.0161. The van der Waals surface area contributed by atoms with Crippen molar-refractivity contribution < 1.29 is 4.92 Å². The Bertz CT molecular complexity index is 502. The van der Waals surface area contributed by atoms with Crippen LogP contribution in [0.25, 0.3) is 0 Å². The third-order valence-corrected chi connectivity index (χ3v) is 4.57. The third-order valence-electron chi connectivity index (χ3n) is 4.57. The largest absolute Gasteiger partial charge is 0.393 e. The molecule has 0 aliphatic carbocycles. The van der Waals surface area contributed by atoms with Crippen LogP contribution in [0.4, 0.5) is 11.4 Å². The predicted octanol–water partition coefficient (Wildman–Crippen LogP) is 3.44. The Balaban J connectivity index is 2.05. The minimum atomic E-state index is -0.407. The monoisotopic (exact) mass is 291 g/mol. The highest BCUT2D eigenvalue weighted by molar-refractivity contribution is 5.62. The summed E-state index contributed by atoms with van der Waals surface area (Å²) in [6.07, 6.45) is 3.67. The summed E-state index contributed by atoms with van der Waals surface area (Å²) in [6, 6.07) is 5.09. The maximum Gasteiger partial charge on any atom is 0.292 e. The van der Waals surface area contributed by atoms with Crippen molar-refractivity contribution in [3.63, 3.8) is 0 Å². The molecule has 1 saturated heterocycles. The van der Waals surface area contributed by atoms with Crippen molar-refractivity contribution in [3.8, 4) is 0 Å². The first kappa shape index (κ1) is 15.8. The molecule has 0 aromatic heterocycles. The van der Waals surface area contributed by atoms with Crippen LogP contribution in [0.3, 0.4) is 0 Å². The van der Waals surface area contributed by atoms with Gasteiger partial charge in [0.2, 0.25) is 0 Å². The number of nitro groups is 1. The Morgan fingerprint density at radius 2 is 2.14 bits per heavy atom. The smallest absolute Gasteiger partial charge is 0.292 e. The Morgan fingerprint density at radius 1 is 1.38 bits per heavy atom. The van der Waals surface area contributed by atoms with Crippen LogP contribution < -0.4 is 5.73 Å². The molecule has 1 fully saturated rings. The lowest BCUT2D eigenvalue weighted by atomic mass is 9.89. The summed E-state index contributed by atoms with van der Waals surface area (Å²) in [5, 5.41) is 11.0. The van der Waals surface area contributed by atoms with Gasteiger partial charge in [0.15, 0.2) is 0 Å². The second kappa shape index (κ2) is 6.89. The SMILES string of the molecule is CC(C)C1CCCN(Cc2cccc([N+](=O)[O-])c2N)CC1. The van der Waals surface area contributed by atoms with E-state index in [9.17, 15) is 10.1 Å². The number of hydrogen-bond acceptors (Lipinski definition) is 4. The van der Waals surface area contributed by atoms with E-state index >= 15 is 0 Å². The van der Waals surface area contributed by atoms with Crippen molar-refractivity contribution >= 4 is 11.4 Å². The third kappa shape index (κ3) is 3.94. The molecule has 0 bridgehead atoms. The molecule has 1 atom stereocenters. The zero-order chi connectivity index (χ0) is 15.4. The summed E-state index contributed by atoms with van der Waals surface area (Å²) in [5.41, 5.74) is 7.14. The van der Waals surface area contributed by atoms with E-state index in [2.05, 4.69) is 18.7 Å². The van der Waals surface area contributed by atoms with Gasteiger partial charge >= 0.3 is 0 Å². The molecular weight excluding hydrogens is 266 g/mol. The van der Waals surface area contributed by atoms with Crippen LogP contribution in [-0.4, -0.2) is 22.9 Å². The summed E-state index contributed by atoms with van der Waals surface area (Å²) in [4.78, 5) is 12.9. The lowest BCUT2D eigenvalue weighted by Crippen LogP contribution is -2.25. The van der Waals surface area contributed by atoms with Crippen molar-refractivity contribution in [2.45, 2.75) is 39.7 Å². The molecule has 0 amide bonds. The van der Waals surface area contributed by atoms with Gasteiger partial charge in [-0.3, -0.25) is 15.0 Å². The standard InChI is InChI=1S/C16H25N3O2/c1-12(2)13-6-4-9-18(10-8-13)11-14-5-3-7-15(16(14)17)19(20)21/h3,5,7,12-13H,4,6,8-11,17H2,1-2H3. The molecule has 1 aromatic carbocycles. The van der Waals surface area contributed by atoms with Gasteiger partial charge in [0.05, 0.1) is 4.92 Å². The highest BCUT2D eigenvalue weighted by Crippen LogP contribution is 2.28. The van der Waals surface area contributed by atoms with Crippen LogP contribution in [0.15, 0.2) is 18.2 Å². The van der Waals surface area contributed by atoms with Crippen LogP contribution in [0.2, 0.25) is 0 Å². The lowest BCUT2D eigenvalue weighted by molar-refractivity contribution is -0.384. The van der Waals surface area contributed by atoms with Gasteiger partial charge in [-0.1, -0.05) is 26.0 Å².